The number of aliphatic hydroxyl groups is 1. The summed E-state index contributed by atoms with van der Waals surface area (Å²) in [5.41, 5.74) is 6.58. The highest BCUT2D eigenvalue weighted by molar-refractivity contribution is 5.13. The molecule has 0 aromatic carbocycles. The van der Waals surface area contributed by atoms with Crippen LogP contribution in [0.25, 0.3) is 0 Å². The van der Waals surface area contributed by atoms with Crippen molar-refractivity contribution in [1.29, 1.82) is 0 Å². The minimum atomic E-state index is -0.291. The van der Waals surface area contributed by atoms with Gasteiger partial charge >= 0.3 is 0 Å². The van der Waals surface area contributed by atoms with Crippen molar-refractivity contribution in [3.63, 3.8) is 0 Å². The molecule has 3 rings (SSSR count). The van der Waals surface area contributed by atoms with E-state index in [1.54, 1.807) is 7.11 Å². The number of ether oxygens (including phenoxy) is 1. The molecule has 0 saturated heterocycles. The summed E-state index contributed by atoms with van der Waals surface area (Å²) < 4.78 is 5.36. The van der Waals surface area contributed by atoms with Gasteiger partial charge in [0.15, 0.2) is 0 Å². The van der Waals surface area contributed by atoms with Crippen LogP contribution in [-0.4, -0.2) is 30.5 Å². The molecule has 6 atom stereocenters. The summed E-state index contributed by atoms with van der Waals surface area (Å²) in [6, 6.07) is 0.311. The number of fused-ring (bicyclic) bond motifs is 3. The Labute approximate surface area is 91.0 Å². The molecule has 5 unspecified atom stereocenters. The number of rotatable bonds is 1. The van der Waals surface area contributed by atoms with E-state index in [2.05, 4.69) is 0 Å². The molecule has 0 aliphatic heterocycles. The van der Waals surface area contributed by atoms with Crippen LogP contribution in [0.5, 0.6) is 0 Å². The van der Waals surface area contributed by atoms with Crippen LogP contribution in [0.3, 0.4) is 0 Å². The summed E-state index contributed by atoms with van der Waals surface area (Å²) >= 11 is 0. The fraction of sp³-hybridized carbons (Fsp3) is 1.00. The number of methoxy groups -OCH3 is 1. The van der Waals surface area contributed by atoms with Crippen molar-refractivity contribution in [3.8, 4) is 0 Å². The zero-order valence-electron chi connectivity index (χ0n) is 9.36. The van der Waals surface area contributed by atoms with Crippen LogP contribution >= 0.6 is 0 Å². The van der Waals surface area contributed by atoms with E-state index >= 15 is 0 Å². The van der Waals surface area contributed by atoms with Crippen LogP contribution < -0.4 is 5.73 Å². The van der Waals surface area contributed by atoms with Gasteiger partial charge in [-0.05, 0) is 49.4 Å². The predicted molar refractivity (Wildman–Crippen MR) is 57.3 cm³/mol. The SMILES string of the molecule is CO[C@@H]1CC2(CC1O)C1CCC(C1)C2N. The van der Waals surface area contributed by atoms with Crippen LogP contribution in [0.1, 0.15) is 32.1 Å². The summed E-state index contributed by atoms with van der Waals surface area (Å²) in [4.78, 5) is 0. The summed E-state index contributed by atoms with van der Waals surface area (Å²) in [5, 5.41) is 9.98. The van der Waals surface area contributed by atoms with Gasteiger partial charge in [-0.2, -0.15) is 0 Å². The van der Waals surface area contributed by atoms with Crippen LogP contribution in [0.15, 0.2) is 0 Å². The monoisotopic (exact) mass is 211 g/mol. The fourth-order valence-corrected chi connectivity index (χ4v) is 4.57. The smallest absolute Gasteiger partial charge is 0.0836 e. The lowest BCUT2D eigenvalue weighted by Crippen LogP contribution is -2.45. The zero-order chi connectivity index (χ0) is 10.6. The van der Waals surface area contributed by atoms with Gasteiger partial charge in [0.2, 0.25) is 0 Å². The molecule has 0 amide bonds. The molecule has 15 heavy (non-hydrogen) atoms. The minimum Gasteiger partial charge on any atom is -0.390 e. The topological polar surface area (TPSA) is 55.5 Å². The van der Waals surface area contributed by atoms with E-state index in [-0.39, 0.29) is 17.6 Å². The van der Waals surface area contributed by atoms with E-state index in [4.69, 9.17) is 10.5 Å². The van der Waals surface area contributed by atoms with Gasteiger partial charge in [0.25, 0.3) is 0 Å². The van der Waals surface area contributed by atoms with Gasteiger partial charge in [-0.15, -0.1) is 0 Å². The van der Waals surface area contributed by atoms with Crippen LogP contribution in [0, 0.1) is 17.3 Å². The van der Waals surface area contributed by atoms with E-state index in [1.165, 1.54) is 19.3 Å². The van der Waals surface area contributed by atoms with Crippen LogP contribution in [0.2, 0.25) is 0 Å². The molecule has 0 aromatic heterocycles. The molecule has 3 aliphatic rings. The van der Waals surface area contributed by atoms with Crippen molar-refractivity contribution in [2.45, 2.75) is 50.4 Å². The van der Waals surface area contributed by atoms with Crippen LogP contribution in [-0.2, 0) is 4.74 Å². The number of hydrogen-bond donors (Lipinski definition) is 2. The predicted octanol–water partition coefficient (Wildman–Crippen LogP) is 0.900. The molecule has 3 aliphatic carbocycles. The molecule has 2 bridgehead atoms. The second-order valence-corrected chi connectivity index (χ2v) is 5.78. The fourth-order valence-electron chi connectivity index (χ4n) is 4.57. The Bertz CT molecular complexity index is 266. The van der Waals surface area contributed by atoms with Crippen molar-refractivity contribution in [3.05, 3.63) is 0 Å². The number of nitrogens with two attached hydrogens (primary N) is 1. The van der Waals surface area contributed by atoms with Gasteiger partial charge in [0.05, 0.1) is 12.2 Å². The molecular formula is C12H21NO2. The summed E-state index contributed by atoms with van der Waals surface area (Å²) in [6.45, 7) is 0. The van der Waals surface area contributed by atoms with E-state index in [0.717, 1.165) is 24.7 Å². The summed E-state index contributed by atoms with van der Waals surface area (Å²) in [5.74, 6) is 1.48. The van der Waals surface area contributed by atoms with Crippen molar-refractivity contribution in [1.82, 2.24) is 0 Å². The third-order valence-electron chi connectivity index (χ3n) is 5.36. The maximum absolute atomic E-state index is 9.98. The molecule has 0 aromatic rings. The molecule has 3 nitrogen and oxygen atoms in total. The molecule has 3 heteroatoms. The lowest BCUT2D eigenvalue weighted by atomic mass is 9.69. The van der Waals surface area contributed by atoms with Crippen molar-refractivity contribution in [2.75, 3.05) is 7.11 Å². The van der Waals surface area contributed by atoms with Gasteiger partial charge in [-0.1, -0.05) is 0 Å². The highest BCUT2D eigenvalue weighted by atomic mass is 16.5. The first-order chi connectivity index (χ1) is 7.17. The first-order valence-corrected chi connectivity index (χ1v) is 6.14. The standard InChI is InChI=1S/C12H21NO2/c1-15-10-6-12(5-9(10)14)8-3-2-7(4-8)11(12)13/h7-11,14H,2-6,13H2,1H3/t7?,8?,9?,10-,11?,12?/m1/s1. The van der Waals surface area contributed by atoms with Crippen molar-refractivity contribution < 1.29 is 9.84 Å². The molecule has 1 spiro atoms. The second-order valence-electron chi connectivity index (χ2n) is 5.78. The van der Waals surface area contributed by atoms with E-state index in [9.17, 15) is 5.11 Å². The Hall–Kier alpha value is -0.120. The molecular weight excluding hydrogens is 190 g/mol. The van der Waals surface area contributed by atoms with Gasteiger partial charge < -0.3 is 15.6 Å². The molecule has 3 N–H and O–H groups in total. The first kappa shape index (κ1) is 10.1. The highest BCUT2D eigenvalue weighted by Crippen LogP contribution is 2.62. The Morgan fingerprint density at radius 3 is 2.67 bits per heavy atom. The minimum absolute atomic E-state index is 0.0235. The number of aliphatic hydroxyl groups excluding tert-OH is 1. The van der Waals surface area contributed by atoms with E-state index in [1.807, 2.05) is 0 Å². The second kappa shape index (κ2) is 3.19. The zero-order valence-corrected chi connectivity index (χ0v) is 9.36. The van der Waals surface area contributed by atoms with Gasteiger partial charge in [-0.25, -0.2) is 0 Å². The Kier molecular flexibility index (Phi) is 2.14. The lowest BCUT2D eigenvalue weighted by Gasteiger charge is -2.39. The number of hydrogen-bond acceptors (Lipinski definition) is 3. The average Bonchev–Trinajstić information content (AvgIpc) is 2.85. The maximum atomic E-state index is 9.98. The Balaban J connectivity index is 1.86. The van der Waals surface area contributed by atoms with E-state index in [0.29, 0.717) is 6.04 Å². The summed E-state index contributed by atoms with van der Waals surface area (Å²) in [7, 11) is 1.70. The largest absolute Gasteiger partial charge is 0.390 e. The highest BCUT2D eigenvalue weighted by Gasteiger charge is 2.61. The normalized spacial score (nSPS) is 58.2. The Morgan fingerprint density at radius 2 is 2.13 bits per heavy atom. The van der Waals surface area contributed by atoms with Crippen molar-refractivity contribution >= 4 is 0 Å². The molecule has 3 saturated carbocycles. The van der Waals surface area contributed by atoms with Gasteiger partial charge in [0.1, 0.15) is 0 Å². The third-order valence-corrected chi connectivity index (χ3v) is 5.36. The van der Waals surface area contributed by atoms with Crippen LogP contribution in [0.4, 0.5) is 0 Å². The van der Waals surface area contributed by atoms with Crippen molar-refractivity contribution in [2.24, 2.45) is 23.0 Å². The lowest BCUT2D eigenvalue weighted by molar-refractivity contribution is 0.00927. The molecule has 0 heterocycles. The van der Waals surface area contributed by atoms with Gasteiger partial charge in [0, 0.05) is 13.2 Å². The Morgan fingerprint density at radius 1 is 1.33 bits per heavy atom. The first-order valence-electron chi connectivity index (χ1n) is 6.14. The van der Waals surface area contributed by atoms with Gasteiger partial charge in [-0.3, -0.25) is 0 Å². The average molecular weight is 211 g/mol. The quantitative estimate of drug-likeness (QED) is 0.677. The third kappa shape index (κ3) is 1.17. The molecule has 86 valence electrons. The maximum Gasteiger partial charge on any atom is 0.0836 e. The summed E-state index contributed by atoms with van der Waals surface area (Å²) in [6.07, 6.45) is 5.50. The molecule has 0 radical (unpaired) electrons. The van der Waals surface area contributed by atoms with E-state index < -0.39 is 0 Å². The molecule has 3 fully saturated rings.